The number of rotatable bonds is 5. The van der Waals surface area contributed by atoms with Gasteiger partial charge >= 0.3 is 0 Å². The molecule has 32 heavy (non-hydrogen) atoms. The molecule has 1 atom stereocenters. The maximum atomic E-state index is 11.9. The van der Waals surface area contributed by atoms with Crippen LogP contribution in [0.4, 0.5) is 17.6 Å². The number of nitrogens with zero attached hydrogens (tertiary/aromatic N) is 5. The van der Waals surface area contributed by atoms with Crippen LogP contribution in [0.3, 0.4) is 0 Å². The van der Waals surface area contributed by atoms with Crippen LogP contribution in [-0.4, -0.2) is 43.0 Å². The number of aryl methyl sites for hydroxylation is 2. The van der Waals surface area contributed by atoms with Crippen molar-refractivity contribution in [3.63, 3.8) is 0 Å². The van der Waals surface area contributed by atoms with Gasteiger partial charge in [0.15, 0.2) is 5.82 Å². The summed E-state index contributed by atoms with van der Waals surface area (Å²) in [7, 11) is 0. The second kappa shape index (κ2) is 7.67. The van der Waals surface area contributed by atoms with Gasteiger partial charge in [-0.15, -0.1) is 0 Å². The highest BCUT2D eigenvalue weighted by Crippen LogP contribution is 2.31. The SMILES string of the molecule is Cc1cc(-n2cnc(Nc3nc(N4CCC[C@H]4C(N)=O)c4cc[nH]c4n3)c2)cc(C)c1C. The van der Waals surface area contributed by atoms with Crippen molar-refractivity contribution in [2.24, 2.45) is 5.73 Å². The number of imidazole rings is 1. The zero-order valence-electron chi connectivity index (χ0n) is 18.4. The lowest BCUT2D eigenvalue weighted by Gasteiger charge is -2.24. The number of nitrogens with two attached hydrogens (primary N) is 1. The second-order valence-electron chi connectivity index (χ2n) is 8.36. The average Bonchev–Trinajstić information content (AvgIpc) is 3.51. The molecule has 164 valence electrons. The van der Waals surface area contributed by atoms with Gasteiger partial charge in [0.05, 0.1) is 11.6 Å². The molecule has 0 aliphatic carbocycles. The Morgan fingerprint density at radius 3 is 2.75 bits per heavy atom. The van der Waals surface area contributed by atoms with Crippen molar-refractivity contribution in [3.8, 4) is 5.69 Å². The third-order valence-corrected chi connectivity index (χ3v) is 6.28. The van der Waals surface area contributed by atoms with Gasteiger partial charge in [0.25, 0.3) is 0 Å². The van der Waals surface area contributed by atoms with E-state index >= 15 is 0 Å². The van der Waals surface area contributed by atoms with Crippen molar-refractivity contribution in [1.82, 2.24) is 24.5 Å². The fourth-order valence-corrected chi connectivity index (χ4v) is 4.32. The van der Waals surface area contributed by atoms with Crippen LogP contribution >= 0.6 is 0 Å². The summed E-state index contributed by atoms with van der Waals surface area (Å²) in [6.45, 7) is 7.08. The number of primary amides is 1. The van der Waals surface area contributed by atoms with Crippen LogP contribution in [0.15, 0.2) is 36.9 Å². The Morgan fingerprint density at radius 1 is 1.22 bits per heavy atom. The first-order chi connectivity index (χ1) is 15.4. The molecule has 0 spiro atoms. The van der Waals surface area contributed by atoms with E-state index in [1.807, 2.05) is 27.9 Å². The number of carbonyl (C=O) groups is 1. The highest BCUT2D eigenvalue weighted by atomic mass is 16.1. The molecule has 4 heterocycles. The third-order valence-electron chi connectivity index (χ3n) is 6.28. The number of amides is 1. The van der Waals surface area contributed by atoms with Crippen LogP contribution in [0, 0.1) is 20.8 Å². The maximum absolute atomic E-state index is 11.9. The monoisotopic (exact) mass is 430 g/mol. The van der Waals surface area contributed by atoms with Gasteiger partial charge in [0, 0.05) is 18.4 Å². The molecule has 4 N–H and O–H groups in total. The summed E-state index contributed by atoms with van der Waals surface area (Å²) in [5.74, 6) is 1.41. The molecule has 1 aliphatic heterocycles. The molecule has 9 heteroatoms. The lowest BCUT2D eigenvalue weighted by Crippen LogP contribution is -2.40. The number of anilines is 3. The van der Waals surface area contributed by atoms with Crippen LogP contribution in [0.5, 0.6) is 0 Å². The topological polar surface area (TPSA) is 118 Å². The van der Waals surface area contributed by atoms with Crippen molar-refractivity contribution < 1.29 is 4.79 Å². The summed E-state index contributed by atoms with van der Waals surface area (Å²) in [4.78, 5) is 30.9. The zero-order chi connectivity index (χ0) is 22.4. The van der Waals surface area contributed by atoms with E-state index in [0.717, 1.165) is 30.5 Å². The Bertz CT molecular complexity index is 1300. The minimum Gasteiger partial charge on any atom is -0.368 e. The van der Waals surface area contributed by atoms with Gasteiger partial charge in [-0.05, 0) is 68.5 Å². The minimum absolute atomic E-state index is 0.332. The Balaban J connectivity index is 1.47. The van der Waals surface area contributed by atoms with Gasteiger partial charge in [-0.3, -0.25) is 4.79 Å². The summed E-state index contributed by atoms with van der Waals surface area (Å²) in [6, 6.07) is 5.85. The largest absolute Gasteiger partial charge is 0.368 e. The normalized spacial score (nSPS) is 16.1. The van der Waals surface area contributed by atoms with Crippen LogP contribution in [0.1, 0.15) is 29.5 Å². The number of hydrogen-bond acceptors (Lipinski definition) is 6. The molecule has 1 aromatic carbocycles. The molecule has 9 nitrogen and oxygen atoms in total. The highest BCUT2D eigenvalue weighted by molar-refractivity contribution is 5.92. The lowest BCUT2D eigenvalue weighted by molar-refractivity contribution is -0.119. The first-order valence-corrected chi connectivity index (χ1v) is 10.7. The second-order valence-corrected chi connectivity index (χ2v) is 8.36. The number of fused-ring (bicyclic) bond motifs is 1. The van der Waals surface area contributed by atoms with Crippen molar-refractivity contribution in [2.45, 2.75) is 39.7 Å². The summed E-state index contributed by atoms with van der Waals surface area (Å²) >= 11 is 0. The van der Waals surface area contributed by atoms with Crippen LogP contribution in [-0.2, 0) is 4.79 Å². The number of carbonyl (C=O) groups excluding carboxylic acids is 1. The molecule has 1 amide bonds. The van der Waals surface area contributed by atoms with Crippen LogP contribution in [0.25, 0.3) is 16.7 Å². The van der Waals surface area contributed by atoms with Gasteiger partial charge < -0.3 is 25.5 Å². The predicted octanol–water partition coefficient (Wildman–Crippen LogP) is 3.27. The number of aromatic amines is 1. The van der Waals surface area contributed by atoms with Gasteiger partial charge in [0.2, 0.25) is 11.9 Å². The Hall–Kier alpha value is -3.88. The highest BCUT2D eigenvalue weighted by Gasteiger charge is 2.31. The maximum Gasteiger partial charge on any atom is 0.240 e. The first-order valence-electron chi connectivity index (χ1n) is 10.7. The molecular formula is C23H26N8O. The molecule has 5 rings (SSSR count). The fraction of sp³-hybridized carbons (Fsp3) is 0.304. The van der Waals surface area contributed by atoms with E-state index in [1.165, 1.54) is 16.7 Å². The fourth-order valence-electron chi connectivity index (χ4n) is 4.32. The molecule has 1 aliphatic rings. The Morgan fingerprint density at radius 2 is 2.00 bits per heavy atom. The van der Waals surface area contributed by atoms with E-state index in [2.05, 4.69) is 53.2 Å². The lowest BCUT2D eigenvalue weighted by atomic mass is 10.0. The summed E-state index contributed by atoms with van der Waals surface area (Å²) in [6.07, 6.45) is 7.12. The van der Waals surface area contributed by atoms with E-state index in [-0.39, 0.29) is 11.9 Å². The standard InChI is InChI=1S/C23H26N8O/c1-13-9-16(10-14(2)15(13)3)30-11-19(26-12-30)27-23-28-21-17(6-7-25-21)22(29-23)31-8-4-5-18(31)20(24)32/h6-7,9-12,18H,4-5,8H2,1-3H3,(H2,24,32)(H2,25,27,28,29)/t18-/m0/s1. The molecule has 0 unspecified atom stereocenters. The molecule has 4 aromatic rings. The number of aromatic nitrogens is 5. The number of nitrogens with one attached hydrogen (secondary N) is 2. The number of H-pyrrole nitrogens is 1. The van der Waals surface area contributed by atoms with E-state index in [1.54, 1.807) is 6.33 Å². The smallest absolute Gasteiger partial charge is 0.240 e. The van der Waals surface area contributed by atoms with Gasteiger partial charge in [-0.1, -0.05) is 0 Å². The average molecular weight is 431 g/mol. The van der Waals surface area contributed by atoms with Crippen molar-refractivity contribution in [1.29, 1.82) is 0 Å². The van der Waals surface area contributed by atoms with Crippen LogP contribution in [0.2, 0.25) is 0 Å². The molecule has 0 bridgehead atoms. The Labute approximate surface area is 185 Å². The van der Waals surface area contributed by atoms with Gasteiger partial charge in [-0.2, -0.15) is 9.97 Å². The van der Waals surface area contributed by atoms with E-state index in [0.29, 0.717) is 23.2 Å². The minimum atomic E-state index is -0.358. The van der Waals surface area contributed by atoms with Gasteiger partial charge in [0.1, 0.15) is 23.8 Å². The van der Waals surface area contributed by atoms with Crippen molar-refractivity contribution in [3.05, 3.63) is 53.6 Å². The molecule has 1 fully saturated rings. The molecular weight excluding hydrogens is 404 g/mol. The number of benzene rings is 1. The first kappa shape index (κ1) is 20.0. The molecule has 1 saturated heterocycles. The van der Waals surface area contributed by atoms with Gasteiger partial charge in [-0.25, -0.2) is 4.98 Å². The van der Waals surface area contributed by atoms with E-state index in [9.17, 15) is 4.79 Å². The summed E-state index contributed by atoms with van der Waals surface area (Å²) in [5.41, 5.74) is 11.1. The van der Waals surface area contributed by atoms with Crippen LogP contribution < -0.4 is 16.0 Å². The third kappa shape index (κ3) is 3.45. The molecule has 0 saturated carbocycles. The number of hydrogen-bond donors (Lipinski definition) is 3. The zero-order valence-corrected chi connectivity index (χ0v) is 18.4. The van der Waals surface area contributed by atoms with Crippen molar-refractivity contribution in [2.75, 3.05) is 16.8 Å². The van der Waals surface area contributed by atoms with E-state index in [4.69, 9.17) is 10.7 Å². The summed E-state index contributed by atoms with van der Waals surface area (Å²) in [5, 5.41) is 4.07. The molecule has 0 radical (unpaired) electrons. The van der Waals surface area contributed by atoms with Crippen molar-refractivity contribution >= 4 is 34.5 Å². The predicted molar refractivity (Wildman–Crippen MR) is 125 cm³/mol. The summed E-state index contributed by atoms with van der Waals surface area (Å²) < 4.78 is 1.97. The quantitative estimate of drug-likeness (QED) is 0.447. The van der Waals surface area contributed by atoms with E-state index < -0.39 is 0 Å². The Kier molecular flexibility index (Phi) is 4.80. The molecule has 3 aromatic heterocycles.